The zero-order valence-electron chi connectivity index (χ0n) is 27.8. The van der Waals surface area contributed by atoms with Gasteiger partial charge >= 0.3 is 0 Å². The first kappa shape index (κ1) is 29.1. The van der Waals surface area contributed by atoms with Gasteiger partial charge in [0.15, 0.2) is 0 Å². The molecular formula is C48H32N2O. The summed E-state index contributed by atoms with van der Waals surface area (Å²) in [5.74, 6) is 0. The molecular weight excluding hydrogens is 621 g/mol. The zero-order valence-corrected chi connectivity index (χ0v) is 27.8. The number of benzene rings is 8. The van der Waals surface area contributed by atoms with Crippen molar-refractivity contribution in [3.63, 3.8) is 0 Å². The van der Waals surface area contributed by atoms with Crippen molar-refractivity contribution in [2.75, 3.05) is 4.90 Å². The Morgan fingerprint density at radius 2 is 0.980 bits per heavy atom. The van der Waals surface area contributed by atoms with Gasteiger partial charge in [-0.15, -0.1) is 0 Å². The summed E-state index contributed by atoms with van der Waals surface area (Å²) >= 11 is 0. The summed E-state index contributed by atoms with van der Waals surface area (Å²) in [6.07, 6.45) is 0. The van der Waals surface area contributed by atoms with E-state index in [1.54, 1.807) is 0 Å². The van der Waals surface area contributed by atoms with Crippen LogP contribution in [0.4, 0.5) is 17.1 Å². The summed E-state index contributed by atoms with van der Waals surface area (Å²) in [6, 6.07) is 69.1. The molecule has 0 atom stereocenters. The van der Waals surface area contributed by atoms with E-state index in [1.165, 1.54) is 27.4 Å². The Morgan fingerprint density at radius 3 is 1.75 bits per heavy atom. The van der Waals surface area contributed by atoms with E-state index in [-0.39, 0.29) is 0 Å². The molecule has 3 heteroatoms. The van der Waals surface area contributed by atoms with E-state index >= 15 is 0 Å². The number of rotatable bonds is 6. The van der Waals surface area contributed by atoms with Crippen molar-refractivity contribution >= 4 is 60.8 Å². The third kappa shape index (κ3) is 4.82. The van der Waals surface area contributed by atoms with Crippen LogP contribution in [0.25, 0.3) is 71.7 Å². The van der Waals surface area contributed by atoms with Crippen molar-refractivity contribution in [1.29, 1.82) is 0 Å². The van der Waals surface area contributed by atoms with Crippen LogP contribution >= 0.6 is 0 Å². The minimum atomic E-state index is 0.869. The van der Waals surface area contributed by atoms with Crippen LogP contribution < -0.4 is 4.90 Å². The predicted octanol–water partition coefficient (Wildman–Crippen LogP) is 13.5. The predicted molar refractivity (Wildman–Crippen MR) is 214 cm³/mol. The van der Waals surface area contributed by atoms with Crippen LogP contribution in [0.5, 0.6) is 0 Å². The van der Waals surface area contributed by atoms with Gasteiger partial charge in [0, 0.05) is 44.2 Å². The molecule has 8 aromatic carbocycles. The lowest BCUT2D eigenvalue weighted by Gasteiger charge is -2.28. The normalized spacial score (nSPS) is 11.5. The maximum Gasteiger partial charge on any atom is 0.145 e. The quantitative estimate of drug-likeness (QED) is 0.178. The van der Waals surface area contributed by atoms with Gasteiger partial charge in [0.1, 0.15) is 11.2 Å². The Balaban J connectivity index is 1.26. The lowest BCUT2D eigenvalue weighted by molar-refractivity contribution is 0.670. The minimum absolute atomic E-state index is 0.869. The van der Waals surface area contributed by atoms with E-state index < -0.39 is 0 Å². The van der Waals surface area contributed by atoms with Crippen LogP contribution in [0.2, 0.25) is 0 Å². The standard InChI is InChI=1S/C48H32N2O/c1-3-15-33(16-4-1)34-17-13-21-37(31-34)49(36-19-5-2-6-20-36)45-30-29-42-41-25-9-12-28-46(41)51-48(42)47(45)35-18-14-22-38(32-35)50-43-26-10-7-23-39(43)40-24-8-11-27-44(40)50/h1-32H. The summed E-state index contributed by atoms with van der Waals surface area (Å²) in [5.41, 5.74) is 12.8. The Bertz CT molecular complexity index is 2810. The van der Waals surface area contributed by atoms with Crippen LogP contribution in [0, 0.1) is 0 Å². The molecule has 2 heterocycles. The number of nitrogens with zero attached hydrogens (tertiary/aromatic N) is 2. The highest BCUT2D eigenvalue weighted by atomic mass is 16.3. The van der Waals surface area contributed by atoms with Crippen LogP contribution in [0.3, 0.4) is 0 Å². The average Bonchev–Trinajstić information content (AvgIpc) is 3.75. The molecule has 3 nitrogen and oxygen atoms in total. The van der Waals surface area contributed by atoms with E-state index in [0.717, 1.165) is 61.4 Å². The van der Waals surface area contributed by atoms with Crippen molar-refractivity contribution < 1.29 is 4.42 Å². The lowest BCUT2D eigenvalue weighted by atomic mass is 9.97. The third-order valence-electron chi connectivity index (χ3n) is 9.96. The number of para-hydroxylation sites is 4. The van der Waals surface area contributed by atoms with Crippen molar-refractivity contribution in [3.05, 3.63) is 194 Å². The van der Waals surface area contributed by atoms with Crippen molar-refractivity contribution in [1.82, 2.24) is 4.57 Å². The number of fused-ring (bicyclic) bond motifs is 6. The first-order valence-electron chi connectivity index (χ1n) is 17.4. The fraction of sp³-hybridized carbons (Fsp3) is 0. The Morgan fingerprint density at radius 1 is 0.392 bits per heavy atom. The van der Waals surface area contributed by atoms with E-state index in [0.29, 0.717) is 0 Å². The molecule has 51 heavy (non-hydrogen) atoms. The first-order valence-corrected chi connectivity index (χ1v) is 17.4. The van der Waals surface area contributed by atoms with Crippen LogP contribution in [0.15, 0.2) is 199 Å². The molecule has 0 N–H and O–H groups in total. The number of hydrogen-bond donors (Lipinski definition) is 0. The van der Waals surface area contributed by atoms with E-state index in [9.17, 15) is 0 Å². The molecule has 240 valence electrons. The summed E-state index contributed by atoms with van der Waals surface area (Å²) < 4.78 is 9.21. The average molecular weight is 653 g/mol. The maximum atomic E-state index is 6.83. The highest BCUT2D eigenvalue weighted by molar-refractivity contribution is 6.14. The van der Waals surface area contributed by atoms with E-state index in [4.69, 9.17) is 4.42 Å². The largest absolute Gasteiger partial charge is 0.455 e. The van der Waals surface area contributed by atoms with Crippen LogP contribution in [-0.2, 0) is 0 Å². The summed E-state index contributed by atoms with van der Waals surface area (Å²) in [6.45, 7) is 0. The number of hydrogen-bond acceptors (Lipinski definition) is 2. The van der Waals surface area contributed by atoms with Crippen LogP contribution in [0.1, 0.15) is 0 Å². The van der Waals surface area contributed by atoms with Crippen molar-refractivity contribution in [3.8, 4) is 27.9 Å². The molecule has 10 rings (SSSR count). The van der Waals surface area contributed by atoms with Gasteiger partial charge in [-0.3, -0.25) is 0 Å². The van der Waals surface area contributed by atoms with Gasteiger partial charge in [0.05, 0.1) is 16.7 Å². The fourth-order valence-electron chi connectivity index (χ4n) is 7.70. The van der Waals surface area contributed by atoms with Gasteiger partial charge in [0.25, 0.3) is 0 Å². The van der Waals surface area contributed by atoms with Crippen molar-refractivity contribution in [2.45, 2.75) is 0 Å². The summed E-state index contributed by atoms with van der Waals surface area (Å²) in [7, 11) is 0. The fourth-order valence-corrected chi connectivity index (χ4v) is 7.70. The second-order valence-corrected chi connectivity index (χ2v) is 12.9. The second kappa shape index (κ2) is 11.9. The molecule has 0 aliphatic carbocycles. The number of aromatic nitrogens is 1. The zero-order chi connectivity index (χ0) is 33.7. The van der Waals surface area contributed by atoms with Gasteiger partial charge in [-0.05, 0) is 83.4 Å². The molecule has 0 amide bonds. The topological polar surface area (TPSA) is 21.3 Å². The molecule has 2 aromatic heterocycles. The molecule has 0 unspecified atom stereocenters. The van der Waals surface area contributed by atoms with E-state index in [1.807, 2.05) is 6.07 Å². The minimum Gasteiger partial charge on any atom is -0.455 e. The number of anilines is 3. The smallest absolute Gasteiger partial charge is 0.145 e. The van der Waals surface area contributed by atoms with Crippen molar-refractivity contribution in [2.24, 2.45) is 0 Å². The highest BCUT2D eigenvalue weighted by Gasteiger charge is 2.23. The van der Waals surface area contributed by atoms with Gasteiger partial charge in [-0.1, -0.05) is 127 Å². The van der Waals surface area contributed by atoms with Gasteiger partial charge in [-0.25, -0.2) is 0 Å². The molecule has 0 saturated carbocycles. The number of furan rings is 1. The SMILES string of the molecule is c1ccc(-c2cccc(N(c3ccccc3)c3ccc4c(oc5ccccc54)c3-c3cccc(-n4c5ccccc5c5ccccc54)c3)c2)cc1. The summed E-state index contributed by atoms with van der Waals surface area (Å²) in [4.78, 5) is 2.36. The Hall–Kier alpha value is -6.84. The van der Waals surface area contributed by atoms with Crippen LogP contribution in [-0.4, -0.2) is 4.57 Å². The van der Waals surface area contributed by atoms with Gasteiger partial charge in [-0.2, -0.15) is 0 Å². The molecule has 0 spiro atoms. The monoisotopic (exact) mass is 652 g/mol. The highest BCUT2D eigenvalue weighted by Crippen LogP contribution is 2.47. The molecule has 0 saturated heterocycles. The third-order valence-corrected chi connectivity index (χ3v) is 9.96. The van der Waals surface area contributed by atoms with E-state index in [2.05, 4.69) is 198 Å². The first-order chi connectivity index (χ1) is 25.3. The Kier molecular flexibility index (Phi) is 6.81. The molecule has 0 radical (unpaired) electrons. The summed E-state index contributed by atoms with van der Waals surface area (Å²) in [5, 5.41) is 4.69. The Labute approximate surface area is 295 Å². The molecule has 0 aliphatic heterocycles. The maximum absolute atomic E-state index is 6.83. The lowest BCUT2D eigenvalue weighted by Crippen LogP contribution is -2.11. The van der Waals surface area contributed by atoms with Gasteiger partial charge < -0.3 is 13.9 Å². The van der Waals surface area contributed by atoms with Gasteiger partial charge in [0.2, 0.25) is 0 Å². The molecule has 10 aromatic rings. The second-order valence-electron chi connectivity index (χ2n) is 12.9. The molecule has 0 aliphatic rings. The molecule has 0 bridgehead atoms. The molecule has 0 fully saturated rings.